The van der Waals surface area contributed by atoms with E-state index in [1.807, 2.05) is 60.7 Å². The van der Waals surface area contributed by atoms with E-state index >= 15 is 0 Å². The van der Waals surface area contributed by atoms with Gasteiger partial charge in [0.15, 0.2) is 6.04 Å². The monoisotopic (exact) mass is 412 g/mol. The Balaban J connectivity index is 1.60. The summed E-state index contributed by atoms with van der Waals surface area (Å²) in [4.78, 5) is 39.3. The molecule has 1 aliphatic heterocycles. The number of rotatable bonds is 5. The summed E-state index contributed by atoms with van der Waals surface area (Å²) in [5, 5.41) is 9.65. The largest absolute Gasteiger partial charge is 0.480 e. The van der Waals surface area contributed by atoms with E-state index in [-0.39, 0.29) is 26.3 Å². The average Bonchev–Trinajstić information content (AvgIpc) is 3.01. The molecule has 158 valence electrons. The van der Waals surface area contributed by atoms with Crippen molar-refractivity contribution in [1.29, 1.82) is 0 Å². The van der Waals surface area contributed by atoms with Crippen LogP contribution in [0.1, 0.15) is 17.5 Å². The van der Waals surface area contributed by atoms with Gasteiger partial charge in [-0.2, -0.15) is 0 Å². The molecule has 2 amide bonds. The summed E-state index contributed by atoms with van der Waals surface area (Å²) in [6.45, 7) is 0.443. The molecule has 0 aliphatic carbocycles. The minimum absolute atomic E-state index is 0.0470. The molecule has 8 nitrogen and oxygen atoms in total. The van der Waals surface area contributed by atoms with Crippen molar-refractivity contribution in [3.05, 3.63) is 71.8 Å². The van der Waals surface area contributed by atoms with Crippen molar-refractivity contribution < 1.29 is 29.0 Å². The van der Waals surface area contributed by atoms with Gasteiger partial charge in [0.2, 0.25) is 0 Å². The predicted octanol–water partition coefficient (Wildman–Crippen LogP) is 3.12. The van der Waals surface area contributed by atoms with E-state index in [4.69, 9.17) is 9.47 Å². The Kier molecular flexibility index (Phi) is 7.26. The molecule has 1 saturated heterocycles. The van der Waals surface area contributed by atoms with Crippen molar-refractivity contribution >= 4 is 18.2 Å². The molecule has 0 aromatic heterocycles. The molecule has 2 aromatic rings. The zero-order valence-corrected chi connectivity index (χ0v) is 16.5. The van der Waals surface area contributed by atoms with Gasteiger partial charge >= 0.3 is 18.2 Å². The van der Waals surface area contributed by atoms with E-state index in [0.29, 0.717) is 13.0 Å². The van der Waals surface area contributed by atoms with Crippen LogP contribution in [0.4, 0.5) is 9.59 Å². The number of ether oxygens (including phenoxy) is 2. The third kappa shape index (κ3) is 5.73. The first-order chi connectivity index (χ1) is 14.5. The molecule has 0 spiro atoms. The molecule has 2 aromatic carbocycles. The Bertz CT molecular complexity index is 858. The van der Waals surface area contributed by atoms with Crippen molar-refractivity contribution in [3.8, 4) is 0 Å². The first-order valence-corrected chi connectivity index (χ1v) is 9.70. The fraction of sp³-hybridized carbons (Fsp3) is 0.318. The quantitative estimate of drug-likeness (QED) is 0.811. The van der Waals surface area contributed by atoms with E-state index in [1.165, 1.54) is 4.90 Å². The number of carbonyl (C=O) groups is 3. The number of nitrogens with zero attached hydrogens (tertiary/aromatic N) is 2. The summed E-state index contributed by atoms with van der Waals surface area (Å²) in [5.74, 6) is -1.20. The Morgan fingerprint density at radius 3 is 1.90 bits per heavy atom. The molecule has 1 aliphatic rings. The van der Waals surface area contributed by atoms with E-state index in [0.717, 1.165) is 16.0 Å². The highest BCUT2D eigenvalue weighted by atomic mass is 16.6. The third-order valence-corrected chi connectivity index (χ3v) is 4.78. The van der Waals surface area contributed by atoms with Gasteiger partial charge in [0.1, 0.15) is 13.2 Å². The van der Waals surface area contributed by atoms with Crippen LogP contribution in [0.5, 0.6) is 0 Å². The Labute approximate surface area is 174 Å². The van der Waals surface area contributed by atoms with Crippen molar-refractivity contribution in [1.82, 2.24) is 9.80 Å². The molecule has 0 bridgehead atoms. The lowest BCUT2D eigenvalue weighted by Gasteiger charge is -2.27. The van der Waals surface area contributed by atoms with Gasteiger partial charge in [-0.25, -0.2) is 14.4 Å². The van der Waals surface area contributed by atoms with Gasteiger partial charge in [-0.15, -0.1) is 0 Å². The molecular weight excluding hydrogens is 388 g/mol. The van der Waals surface area contributed by atoms with E-state index in [1.54, 1.807) is 0 Å². The van der Waals surface area contributed by atoms with Crippen LogP contribution in [0.25, 0.3) is 0 Å². The molecule has 0 radical (unpaired) electrons. The minimum atomic E-state index is -1.21. The van der Waals surface area contributed by atoms with Crippen LogP contribution in [0.3, 0.4) is 0 Å². The van der Waals surface area contributed by atoms with Crippen LogP contribution < -0.4 is 0 Å². The molecule has 3 rings (SSSR count). The lowest BCUT2D eigenvalue weighted by molar-refractivity contribution is -0.142. The van der Waals surface area contributed by atoms with Gasteiger partial charge in [0, 0.05) is 13.1 Å². The number of carboxylic acid groups (broad SMARTS) is 1. The molecular formula is C22H24N2O6. The van der Waals surface area contributed by atoms with Gasteiger partial charge in [0.05, 0.1) is 6.54 Å². The highest BCUT2D eigenvalue weighted by Gasteiger charge is 2.36. The van der Waals surface area contributed by atoms with E-state index in [9.17, 15) is 19.5 Å². The Morgan fingerprint density at radius 2 is 1.37 bits per heavy atom. The zero-order valence-electron chi connectivity index (χ0n) is 16.5. The molecule has 1 atom stereocenters. The highest BCUT2D eigenvalue weighted by molar-refractivity contribution is 5.81. The SMILES string of the molecule is O=C(O)C1CN(C(=O)OCc2ccccc2)CCCN1C(=O)OCc1ccccc1. The highest BCUT2D eigenvalue weighted by Crippen LogP contribution is 2.15. The van der Waals surface area contributed by atoms with Gasteiger partial charge in [-0.05, 0) is 17.5 Å². The molecule has 0 saturated carbocycles. The molecule has 1 unspecified atom stereocenters. The van der Waals surface area contributed by atoms with Gasteiger partial charge in [-0.3, -0.25) is 4.90 Å². The summed E-state index contributed by atoms with van der Waals surface area (Å²) >= 11 is 0. The number of carboxylic acids is 1. The summed E-state index contributed by atoms with van der Waals surface area (Å²) in [6.07, 6.45) is -0.902. The molecule has 1 heterocycles. The second-order valence-electron chi connectivity index (χ2n) is 6.93. The lowest BCUT2D eigenvalue weighted by Crippen LogP contribution is -2.50. The van der Waals surface area contributed by atoms with Crippen LogP contribution in [0.15, 0.2) is 60.7 Å². The maximum atomic E-state index is 12.5. The topological polar surface area (TPSA) is 96.4 Å². The summed E-state index contributed by atoms with van der Waals surface area (Å²) in [7, 11) is 0. The molecule has 8 heteroatoms. The Hall–Kier alpha value is -3.55. The number of benzene rings is 2. The number of hydrogen-bond acceptors (Lipinski definition) is 5. The smallest absolute Gasteiger partial charge is 0.410 e. The molecule has 30 heavy (non-hydrogen) atoms. The van der Waals surface area contributed by atoms with Crippen LogP contribution in [-0.2, 0) is 27.5 Å². The number of aliphatic carboxylic acids is 1. The minimum Gasteiger partial charge on any atom is -0.480 e. The summed E-state index contributed by atoms with van der Waals surface area (Å²) < 4.78 is 10.6. The zero-order chi connectivity index (χ0) is 21.3. The maximum Gasteiger partial charge on any atom is 0.410 e. The number of amides is 2. The average molecular weight is 412 g/mol. The van der Waals surface area contributed by atoms with Crippen molar-refractivity contribution in [3.63, 3.8) is 0 Å². The van der Waals surface area contributed by atoms with Gasteiger partial charge in [-0.1, -0.05) is 60.7 Å². The molecule has 1 N–H and O–H groups in total. The summed E-state index contributed by atoms with van der Waals surface area (Å²) in [6, 6.07) is 17.1. The second kappa shape index (κ2) is 10.3. The van der Waals surface area contributed by atoms with Crippen LogP contribution >= 0.6 is 0 Å². The molecule has 1 fully saturated rings. The van der Waals surface area contributed by atoms with Crippen LogP contribution in [-0.4, -0.2) is 58.7 Å². The van der Waals surface area contributed by atoms with Crippen LogP contribution in [0, 0.1) is 0 Å². The van der Waals surface area contributed by atoms with E-state index < -0.39 is 24.2 Å². The second-order valence-corrected chi connectivity index (χ2v) is 6.93. The van der Waals surface area contributed by atoms with Crippen molar-refractivity contribution in [2.75, 3.05) is 19.6 Å². The maximum absolute atomic E-state index is 12.5. The van der Waals surface area contributed by atoms with Crippen molar-refractivity contribution in [2.24, 2.45) is 0 Å². The van der Waals surface area contributed by atoms with Crippen LogP contribution in [0.2, 0.25) is 0 Å². The fourth-order valence-corrected chi connectivity index (χ4v) is 3.19. The number of carbonyl (C=O) groups excluding carboxylic acids is 2. The first kappa shape index (κ1) is 21.2. The predicted molar refractivity (Wildman–Crippen MR) is 108 cm³/mol. The first-order valence-electron chi connectivity index (χ1n) is 9.70. The van der Waals surface area contributed by atoms with Gasteiger partial charge in [0.25, 0.3) is 0 Å². The number of hydrogen-bond donors (Lipinski definition) is 1. The normalized spacial score (nSPS) is 16.5. The fourth-order valence-electron chi connectivity index (χ4n) is 3.19. The standard InChI is InChI=1S/C22H24N2O6/c25-20(26)19-14-23(21(27)29-15-17-8-3-1-4-9-17)12-7-13-24(19)22(28)30-16-18-10-5-2-6-11-18/h1-6,8-11,19H,7,12-16H2,(H,25,26). The summed E-state index contributed by atoms with van der Waals surface area (Å²) in [5.41, 5.74) is 1.64. The van der Waals surface area contributed by atoms with Gasteiger partial charge < -0.3 is 19.5 Å². The lowest BCUT2D eigenvalue weighted by atomic mass is 10.2. The van der Waals surface area contributed by atoms with E-state index in [2.05, 4.69) is 0 Å². The Morgan fingerprint density at radius 1 is 0.833 bits per heavy atom. The van der Waals surface area contributed by atoms with Crippen molar-refractivity contribution in [2.45, 2.75) is 25.7 Å². The third-order valence-electron chi connectivity index (χ3n) is 4.78.